The molecule has 1 aliphatic rings. The van der Waals surface area contributed by atoms with Crippen molar-refractivity contribution in [1.29, 1.82) is 0 Å². The second kappa shape index (κ2) is 10.5. The highest BCUT2D eigenvalue weighted by Gasteiger charge is 2.17. The number of nitrogens with one attached hydrogen (secondary N) is 1. The monoisotopic (exact) mass is 403 g/mol. The molecule has 1 amide bonds. The van der Waals surface area contributed by atoms with Gasteiger partial charge in [-0.05, 0) is 36.5 Å². The van der Waals surface area contributed by atoms with Gasteiger partial charge in [-0.2, -0.15) is 0 Å². The first kappa shape index (κ1) is 20.8. The molecule has 0 radical (unpaired) electrons. The summed E-state index contributed by atoms with van der Waals surface area (Å²) in [4.78, 5) is 17.4. The molecule has 1 atom stereocenters. The zero-order chi connectivity index (χ0) is 19.8. The second-order valence-electron chi connectivity index (χ2n) is 7.31. The third kappa shape index (κ3) is 6.02. The Balaban J connectivity index is 1.47. The number of benzene rings is 1. The lowest BCUT2D eigenvalue weighted by atomic mass is 9.90. The van der Waals surface area contributed by atoms with Gasteiger partial charge in [-0.15, -0.1) is 11.3 Å². The predicted molar refractivity (Wildman–Crippen MR) is 110 cm³/mol. The lowest BCUT2D eigenvalue weighted by molar-refractivity contribution is -0.121. The van der Waals surface area contributed by atoms with E-state index in [9.17, 15) is 4.79 Å². The molecule has 1 fully saturated rings. The maximum atomic E-state index is 12.4. The van der Waals surface area contributed by atoms with Crippen molar-refractivity contribution in [3.8, 4) is 5.75 Å². The molecule has 1 heterocycles. The first-order chi connectivity index (χ1) is 13.7. The minimum atomic E-state index is -0.337. The van der Waals surface area contributed by atoms with Crippen molar-refractivity contribution in [2.45, 2.75) is 51.2 Å². The molecule has 1 aliphatic carbocycles. The summed E-state index contributed by atoms with van der Waals surface area (Å²) in [6, 6.07) is 7.39. The minimum Gasteiger partial charge on any atom is -0.493 e. The van der Waals surface area contributed by atoms with E-state index in [0.29, 0.717) is 10.9 Å². The molecule has 1 aromatic heterocycles. The Morgan fingerprint density at radius 3 is 2.68 bits per heavy atom. The van der Waals surface area contributed by atoms with Crippen LogP contribution in [-0.4, -0.2) is 29.1 Å². The quantitative estimate of drug-likeness (QED) is 0.598. The SMILES string of the molecule is NC[C@@H](NC(=O)Cc1ccc(OCC2CCCCC2)cc1)c1ncc(CO)s1. The number of hydrogen-bond acceptors (Lipinski definition) is 6. The summed E-state index contributed by atoms with van der Waals surface area (Å²) in [5, 5.41) is 12.8. The maximum Gasteiger partial charge on any atom is 0.225 e. The van der Waals surface area contributed by atoms with Crippen LogP contribution in [0.4, 0.5) is 0 Å². The molecule has 0 bridgehead atoms. The fourth-order valence-corrected chi connectivity index (χ4v) is 4.32. The van der Waals surface area contributed by atoms with Gasteiger partial charge in [0.05, 0.1) is 30.6 Å². The number of carbonyl (C=O) groups excluding carboxylic acids is 1. The molecule has 0 saturated heterocycles. The van der Waals surface area contributed by atoms with E-state index in [1.165, 1.54) is 43.4 Å². The standard InChI is InChI=1S/C21H29N3O3S/c22-11-19(21-23-12-18(13-25)28-21)24-20(26)10-15-6-8-17(9-7-15)27-14-16-4-2-1-3-5-16/h6-9,12,16,19,25H,1-5,10-11,13-14,22H2,(H,24,26)/t19-/m1/s1. The Hall–Kier alpha value is -1.96. The van der Waals surface area contributed by atoms with Crippen molar-refractivity contribution in [3.05, 3.63) is 45.9 Å². The van der Waals surface area contributed by atoms with Crippen LogP contribution in [0.25, 0.3) is 0 Å². The molecule has 152 valence electrons. The largest absolute Gasteiger partial charge is 0.493 e. The van der Waals surface area contributed by atoms with Crippen molar-refractivity contribution in [2.75, 3.05) is 13.2 Å². The number of nitrogens with two attached hydrogens (primary N) is 1. The van der Waals surface area contributed by atoms with Crippen LogP contribution in [0.5, 0.6) is 5.75 Å². The Labute approximate surface area is 170 Å². The average molecular weight is 404 g/mol. The number of aromatic nitrogens is 1. The van der Waals surface area contributed by atoms with Crippen molar-refractivity contribution >= 4 is 17.2 Å². The summed E-state index contributed by atoms with van der Waals surface area (Å²) in [6.07, 6.45) is 8.39. The molecule has 28 heavy (non-hydrogen) atoms. The van der Waals surface area contributed by atoms with E-state index in [1.807, 2.05) is 24.3 Å². The zero-order valence-electron chi connectivity index (χ0n) is 16.1. The van der Waals surface area contributed by atoms with Gasteiger partial charge in [0.15, 0.2) is 0 Å². The van der Waals surface area contributed by atoms with Crippen molar-refractivity contribution in [2.24, 2.45) is 11.7 Å². The number of hydrogen-bond donors (Lipinski definition) is 3. The summed E-state index contributed by atoms with van der Waals surface area (Å²) in [5.74, 6) is 1.42. The van der Waals surface area contributed by atoms with Gasteiger partial charge >= 0.3 is 0 Å². The lowest BCUT2D eigenvalue weighted by Crippen LogP contribution is -2.34. The first-order valence-electron chi connectivity index (χ1n) is 9.94. The van der Waals surface area contributed by atoms with Gasteiger partial charge < -0.3 is 20.9 Å². The van der Waals surface area contributed by atoms with Gasteiger partial charge in [0, 0.05) is 12.7 Å². The van der Waals surface area contributed by atoms with E-state index in [-0.39, 0.29) is 31.5 Å². The second-order valence-corrected chi connectivity index (χ2v) is 8.46. The molecule has 0 spiro atoms. The third-order valence-electron chi connectivity index (χ3n) is 5.09. The molecule has 6 nitrogen and oxygen atoms in total. The summed E-state index contributed by atoms with van der Waals surface area (Å²) in [6.45, 7) is 0.984. The van der Waals surface area contributed by atoms with E-state index in [4.69, 9.17) is 15.6 Å². The van der Waals surface area contributed by atoms with E-state index in [2.05, 4.69) is 10.3 Å². The highest BCUT2D eigenvalue weighted by molar-refractivity contribution is 7.11. The fraction of sp³-hybridized carbons (Fsp3) is 0.524. The molecule has 3 rings (SSSR count). The van der Waals surface area contributed by atoms with Crippen molar-refractivity contribution in [3.63, 3.8) is 0 Å². The number of carbonyl (C=O) groups is 1. The highest BCUT2D eigenvalue weighted by Crippen LogP contribution is 2.25. The van der Waals surface area contributed by atoms with E-state index < -0.39 is 0 Å². The fourth-order valence-electron chi connectivity index (χ4n) is 3.48. The number of amides is 1. The average Bonchev–Trinajstić information content (AvgIpc) is 3.21. The van der Waals surface area contributed by atoms with Crippen LogP contribution in [0.15, 0.2) is 30.5 Å². The van der Waals surface area contributed by atoms with Crippen molar-refractivity contribution in [1.82, 2.24) is 10.3 Å². The Bertz CT molecular complexity index is 742. The normalized spacial score (nSPS) is 15.9. The lowest BCUT2D eigenvalue weighted by Gasteiger charge is -2.21. The van der Waals surface area contributed by atoms with Gasteiger partial charge in [-0.25, -0.2) is 4.98 Å². The molecule has 1 aromatic carbocycles. The van der Waals surface area contributed by atoms with Crippen LogP contribution in [0.2, 0.25) is 0 Å². The van der Waals surface area contributed by atoms with Crippen LogP contribution in [0, 0.1) is 5.92 Å². The zero-order valence-corrected chi connectivity index (χ0v) is 16.9. The molecule has 4 N–H and O–H groups in total. The van der Waals surface area contributed by atoms with Crippen LogP contribution in [-0.2, 0) is 17.8 Å². The number of thiazole rings is 1. The molecule has 7 heteroatoms. The molecule has 0 unspecified atom stereocenters. The van der Waals surface area contributed by atoms with Crippen LogP contribution >= 0.6 is 11.3 Å². The number of aliphatic hydroxyl groups is 1. The van der Waals surface area contributed by atoms with E-state index in [0.717, 1.165) is 22.8 Å². The van der Waals surface area contributed by atoms with E-state index >= 15 is 0 Å². The number of nitrogens with zero attached hydrogens (tertiary/aromatic N) is 1. The van der Waals surface area contributed by atoms with E-state index in [1.54, 1.807) is 6.20 Å². The molecular weight excluding hydrogens is 374 g/mol. The van der Waals surface area contributed by atoms with Gasteiger partial charge in [-0.3, -0.25) is 4.79 Å². The Morgan fingerprint density at radius 1 is 1.29 bits per heavy atom. The summed E-state index contributed by atoms with van der Waals surface area (Å²) in [5.41, 5.74) is 6.71. The van der Waals surface area contributed by atoms with Gasteiger partial charge in [0.25, 0.3) is 0 Å². The van der Waals surface area contributed by atoms with Gasteiger partial charge in [0.1, 0.15) is 10.8 Å². The molecule has 1 saturated carbocycles. The van der Waals surface area contributed by atoms with Crippen LogP contribution in [0.1, 0.15) is 53.6 Å². The highest BCUT2D eigenvalue weighted by atomic mass is 32.1. The first-order valence-corrected chi connectivity index (χ1v) is 10.8. The van der Waals surface area contributed by atoms with Gasteiger partial charge in [0.2, 0.25) is 5.91 Å². The smallest absolute Gasteiger partial charge is 0.225 e. The maximum absolute atomic E-state index is 12.4. The van der Waals surface area contributed by atoms with Crippen molar-refractivity contribution < 1.29 is 14.6 Å². The van der Waals surface area contributed by atoms with Gasteiger partial charge in [-0.1, -0.05) is 31.4 Å². The number of ether oxygens (including phenoxy) is 1. The topological polar surface area (TPSA) is 97.5 Å². The Kier molecular flexibility index (Phi) is 7.82. The number of rotatable bonds is 9. The minimum absolute atomic E-state index is 0.0575. The Morgan fingerprint density at radius 2 is 2.04 bits per heavy atom. The molecule has 2 aromatic rings. The molecular formula is C21H29N3O3S. The number of aliphatic hydroxyl groups excluding tert-OH is 1. The summed E-state index contributed by atoms with van der Waals surface area (Å²) in [7, 11) is 0. The van der Waals surface area contributed by atoms with Crippen LogP contribution < -0.4 is 15.8 Å². The summed E-state index contributed by atoms with van der Waals surface area (Å²) < 4.78 is 5.91. The third-order valence-corrected chi connectivity index (χ3v) is 6.19. The van der Waals surface area contributed by atoms with Crippen LogP contribution in [0.3, 0.4) is 0 Å². The summed E-state index contributed by atoms with van der Waals surface area (Å²) >= 11 is 1.36. The predicted octanol–water partition coefficient (Wildman–Crippen LogP) is 2.95. The molecule has 0 aliphatic heterocycles.